The Morgan fingerprint density at radius 3 is 2.55 bits per heavy atom. The van der Waals surface area contributed by atoms with Crippen LogP contribution in [0.2, 0.25) is 0 Å². The molecule has 0 saturated heterocycles. The smallest absolute Gasteiger partial charge is 0.163 e. The van der Waals surface area contributed by atoms with Crippen LogP contribution in [0, 0.1) is 5.41 Å². The largest absolute Gasteiger partial charge is 0.384 e. The molecular weight excluding hydrogens is 250 g/mol. The summed E-state index contributed by atoms with van der Waals surface area (Å²) >= 11 is 0. The normalized spacial score (nSPS) is 12.2. The summed E-state index contributed by atoms with van der Waals surface area (Å²) < 4.78 is 1.87. The van der Waals surface area contributed by atoms with Gasteiger partial charge in [0.2, 0.25) is 0 Å². The summed E-state index contributed by atoms with van der Waals surface area (Å²) in [5, 5.41) is 11.1. The number of fused-ring (bicyclic) bond motifs is 1. The van der Waals surface area contributed by atoms with Crippen LogP contribution in [0.1, 0.15) is 6.17 Å². The molecule has 1 atom stereocenters. The number of aromatic nitrogens is 2. The number of hydrogen-bond donors (Lipinski definition) is 3. The predicted octanol–water partition coefficient (Wildman–Crippen LogP) is 2.58. The van der Waals surface area contributed by atoms with E-state index in [1.54, 1.807) is 6.33 Å². The molecule has 0 aliphatic carbocycles. The molecule has 3 aromatic rings. The van der Waals surface area contributed by atoms with Gasteiger partial charge in [-0.15, -0.1) is 0 Å². The first-order valence-corrected chi connectivity index (χ1v) is 6.33. The second-order valence-electron chi connectivity index (χ2n) is 4.51. The summed E-state index contributed by atoms with van der Waals surface area (Å²) in [6.45, 7) is 0. The zero-order valence-electron chi connectivity index (χ0n) is 10.8. The van der Waals surface area contributed by atoms with Crippen LogP contribution in [-0.4, -0.2) is 15.4 Å². The van der Waals surface area contributed by atoms with Crippen molar-refractivity contribution in [3.63, 3.8) is 0 Å². The lowest BCUT2D eigenvalue weighted by atomic mass is 10.3. The van der Waals surface area contributed by atoms with Gasteiger partial charge in [-0.25, -0.2) is 4.98 Å². The van der Waals surface area contributed by atoms with Crippen LogP contribution in [0.15, 0.2) is 60.9 Å². The van der Waals surface area contributed by atoms with Crippen LogP contribution < -0.4 is 11.1 Å². The number of benzene rings is 2. The first-order chi connectivity index (χ1) is 9.75. The van der Waals surface area contributed by atoms with E-state index in [-0.39, 0.29) is 5.84 Å². The van der Waals surface area contributed by atoms with Crippen molar-refractivity contribution in [2.24, 2.45) is 5.73 Å². The van der Waals surface area contributed by atoms with Gasteiger partial charge in [0.1, 0.15) is 5.84 Å². The van der Waals surface area contributed by atoms with Gasteiger partial charge in [0.15, 0.2) is 6.17 Å². The van der Waals surface area contributed by atoms with Gasteiger partial charge in [0, 0.05) is 5.69 Å². The third-order valence-corrected chi connectivity index (χ3v) is 3.13. The van der Waals surface area contributed by atoms with Crippen LogP contribution in [0.25, 0.3) is 11.0 Å². The molecule has 5 heteroatoms. The Labute approximate surface area is 116 Å². The lowest BCUT2D eigenvalue weighted by Crippen LogP contribution is -2.31. The Morgan fingerprint density at radius 2 is 1.80 bits per heavy atom. The number of para-hydroxylation sites is 3. The molecule has 0 saturated carbocycles. The number of anilines is 1. The number of nitrogens with zero attached hydrogens (tertiary/aromatic N) is 2. The molecule has 0 spiro atoms. The maximum absolute atomic E-state index is 7.82. The molecule has 0 fully saturated rings. The summed E-state index contributed by atoms with van der Waals surface area (Å²) in [7, 11) is 0. The van der Waals surface area contributed by atoms with E-state index in [0.717, 1.165) is 16.7 Å². The van der Waals surface area contributed by atoms with Gasteiger partial charge in [0.05, 0.1) is 17.4 Å². The summed E-state index contributed by atoms with van der Waals surface area (Å²) in [5.74, 6) is 0.0389. The highest BCUT2D eigenvalue weighted by Gasteiger charge is 2.16. The highest BCUT2D eigenvalue weighted by molar-refractivity contribution is 5.86. The van der Waals surface area contributed by atoms with Crippen LogP contribution in [0.4, 0.5) is 5.69 Å². The molecule has 0 aliphatic heterocycles. The first kappa shape index (κ1) is 12.2. The lowest BCUT2D eigenvalue weighted by Gasteiger charge is -2.20. The van der Waals surface area contributed by atoms with Crippen LogP contribution in [0.3, 0.4) is 0 Å². The molecule has 5 nitrogen and oxygen atoms in total. The van der Waals surface area contributed by atoms with E-state index in [4.69, 9.17) is 11.1 Å². The molecule has 1 heterocycles. The molecular formula is C15H15N5. The third kappa shape index (κ3) is 2.21. The molecule has 20 heavy (non-hydrogen) atoms. The van der Waals surface area contributed by atoms with Gasteiger partial charge in [0.25, 0.3) is 0 Å². The minimum absolute atomic E-state index is 0.0389. The highest BCUT2D eigenvalue weighted by atomic mass is 15.2. The average Bonchev–Trinajstić information content (AvgIpc) is 2.89. The number of hydrogen-bond acceptors (Lipinski definition) is 3. The zero-order valence-corrected chi connectivity index (χ0v) is 10.8. The van der Waals surface area contributed by atoms with Gasteiger partial charge in [-0.3, -0.25) is 5.41 Å². The van der Waals surface area contributed by atoms with E-state index in [9.17, 15) is 0 Å². The standard InChI is InChI=1S/C15H15N5/c16-14(17)15(19-11-6-2-1-3-7-11)20-10-18-12-8-4-5-9-13(12)20/h1-10,15,19H,(H3,16,17). The van der Waals surface area contributed by atoms with Crippen LogP contribution >= 0.6 is 0 Å². The molecule has 4 N–H and O–H groups in total. The fourth-order valence-corrected chi connectivity index (χ4v) is 2.17. The van der Waals surface area contributed by atoms with Gasteiger partial charge in [-0.1, -0.05) is 30.3 Å². The van der Waals surface area contributed by atoms with Crippen LogP contribution in [-0.2, 0) is 0 Å². The predicted molar refractivity (Wildman–Crippen MR) is 80.7 cm³/mol. The van der Waals surface area contributed by atoms with E-state index in [1.807, 2.05) is 59.2 Å². The van der Waals surface area contributed by atoms with Crippen molar-refractivity contribution in [1.82, 2.24) is 9.55 Å². The molecule has 0 aliphatic rings. The maximum Gasteiger partial charge on any atom is 0.163 e. The van der Waals surface area contributed by atoms with E-state index in [2.05, 4.69) is 10.3 Å². The summed E-state index contributed by atoms with van der Waals surface area (Å²) in [6.07, 6.45) is 1.25. The second-order valence-corrected chi connectivity index (χ2v) is 4.51. The van der Waals surface area contributed by atoms with Crippen molar-refractivity contribution in [2.75, 3.05) is 5.32 Å². The quantitative estimate of drug-likeness (QED) is 0.501. The number of imidazole rings is 1. The average molecular weight is 265 g/mol. The summed E-state index contributed by atoms with van der Waals surface area (Å²) in [5.41, 5.74) is 8.47. The minimum Gasteiger partial charge on any atom is -0.384 e. The molecule has 0 radical (unpaired) electrons. The molecule has 3 rings (SSSR count). The topological polar surface area (TPSA) is 79.7 Å². The van der Waals surface area contributed by atoms with Crippen molar-refractivity contribution >= 4 is 22.6 Å². The number of rotatable bonds is 4. The van der Waals surface area contributed by atoms with Gasteiger partial charge in [-0.2, -0.15) is 0 Å². The summed E-state index contributed by atoms with van der Waals surface area (Å²) in [4.78, 5) is 4.33. The Balaban J connectivity index is 2.01. The van der Waals surface area contributed by atoms with E-state index in [1.165, 1.54) is 0 Å². The Kier molecular flexibility index (Phi) is 3.09. The SMILES string of the molecule is N=C(N)C(Nc1ccccc1)n1cnc2ccccc21. The maximum atomic E-state index is 7.82. The lowest BCUT2D eigenvalue weighted by molar-refractivity contribution is 0.721. The fraction of sp³-hybridized carbons (Fsp3) is 0.0667. The minimum atomic E-state index is -0.454. The molecule has 0 bridgehead atoms. The molecule has 1 aromatic heterocycles. The van der Waals surface area contributed by atoms with E-state index in [0.29, 0.717) is 0 Å². The van der Waals surface area contributed by atoms with Crippen molar-refractivity contribution in [3.8, 4) is 0 Å². The zero-order chi connectivity index (χ0) is 13.9. The third-order valence-electron chi connectivity index (χ3n) is 3.13. The Bertz CT molecular complexity index is 732. The first-order valence-electron chi connectivity index (χ1n) is 6.33. The molecule has 0 amide bonds. The Hall–Kier alpha value is -2.82. The van der Waals surface area contributed by atoms with E-state index >= 15 is 0 Å². The Morgan fingerprint density at radius 1 is 1.10 bits per heavy atom. The molecule has 1 unspecified atom stereocenters. The van der Waals surface area contributed by atoms with Crippen molar-refractivity contribution in [1.29, 1.82) is 5.41 Å². The van der Waals surface area contributed by atoms with Crippen molar-refractivity contribution in [3.05, 3.63) is 60.9 Å². The van der Waals surface area contributed by atoms with Crippen LogP contribution in [0.5, 0.6) is 0 Å². The second kappa shape index (κ2) is 5.05. The van der Waals surface area contributed by atoms with Gasteiger partial charge < -0.3 is 15.6 Å². The number of amidine groups is 1. The van der Waals surface area contributed by atoms with Gasteiger partial charge >= 0.3 is 0 Å². The molecule has 100 valence electrons. The summed E-state index contributed by atoms with van der Waals surface area (Å²) in [6, 6.07) is 17.5. The van der Waals surface area contributed by atoms with E-state index < -0.39 is 6.17 Å². The molecule has 2 aromatic carbocycles. The fourth-order valence-electron chi connectivity index (χ4n) is 2.17. The monoisotopic (exact) mass is 265 g/mol. The number of nitrogens with one attached hydrogen (secondary N) is 2. The highest BCUT2D eigenvalue weighted by Crippen LogP contribution is 2.19. The van der Waals surface area contributed by atoms with Gasteiger partial charge in [-0.05, 0) is 24.3 Å². The number of nitrogens with two attached hydrogens (primary N) is 1. The van der Waals surface area contributed by atoms with Crippen molar-refractivity contribution in [2.45, 2.75) is 6.17 Å². The van der Waals surface area contributed by atoms with Crippen molar-refractivity contribution < 1.29 is 0 Å².